The summed E-state index contributed by atoms with van der Waals surface area (Å²) in [7, 11) is -3.44. The molecule has 1 aliphatic rings. The molecular formula is C11H18N2O3S. The van der Waals surface area contributed by atoms with Crippen molar-refractivity contribution in [1.82, 2.24) is 9.46 Å². The average molecular weight is 258 g/mol. The molecule has 1 fully saturated rings. The van der Waals surface area contributed by atoms with Gasteiger partial charge in [0.2, 0.25) is 10.0 Å². The van der Waals surface area contributed by atoms with Crippen LogP contribution in [0.4, 0.5) is 0 Å². The zero-order chi connectivity index (χ0) is 12.6. The highest BCUT2D eigenvalue weighted by Gasteiger charge is 2.33. The number of nitrogens with zero attached hydrogens (tertiary/aromatic N) is 2. The van der Waals surface area contributed by atoms with Gasteiger partial charge in [0.1, 0.15) is 10.6 Å². The topological polar surface area (TPSA) is 63.4 Å². The molecule has 0 radical (unpaired) electrons. The van der Waals surface area contributed by atoms with Crippen LogP contribution in [0.3, 0.4) is 0 Å². The van der Waals surface area contributed by atoms with Crippen molar-refractivity contribution < 1.29 is 12.9 Å². The van der Waals surface area contributed by atoms with Crippen molar-refractivity contribution in [3.05, 3.63) is 11.5 Å². The van der Waals surface area contributed by atoms with E-state index in [0.29, 0.717) is 30.5 Å². The van der Waals surface area contributed by atoms with E-state index in [4.69, 9.17) is 4.52 Å². The summed E-state index contributed by atoms with van der Waals surface area (Å²) >= 11 is 0. The molecule has 0 saturated carbocycles. The van der Waals surface area contributed by atoms with Crippen LogP contribution in [-0.4, -0.2) is 31.0 Å². The van der Waals surface area contributed by atoms with E-state index < -0.39 is 10.0 Å². The van der Waals surface area contributed by atoms with Crippen LogP contribution in [0.2, 0.25) is 0 Å². The number of rotatable bonds is 2. The zero-order valence-corrected chi connectivity index (χ0v) is 11.2. The number of hydrogen-bond acceptors (Lipinski definition) is 4. The molecule has 1 unspecified atom stereocenters. The van der Waals surface area contributed by atoms with Gasteiger partial charge in [-0.3, -0.25) is 0 Å². The van der Waals surface area contributed by atoms with Gasteiger partial charge in [0.05, 0.1) is 0 Å². The minimum absolute atomic E-state index is 0.242. The van der Waals surface area contributed by atoms with Crippen molar-refractivity contribution in [3.8, 4) is 0 Å². The fourth-order valence-corrected chi connectivity index (χ4v) is 4.23. The van der Waals surface area contributed by atoms with Crippen LogP contribution < -0.4 is 0 Å². The van der Waals surface area contributed by atoms with Crippen LogP contribution in [0.25, 0.3) is 0 Å². The maximum absolute atomic E-state index is 12.5. The third-order valence-electron chi connectivity index (χ3n) is 3.19. The molecule has 1 aromatic heterocycles. The molecule has 96 valence electrons. The van der Waals surface area contributed by atoms with Crippen LogP contribution in [-0.2, 0) is 10.0 Å². The second-order valence-corrected chi connectivity index (χ2v) is 6.64. The lowest BCUT2D eigenvalue weighted by Crippen LogP contribution is -2.39. The monoisotopic (exact) mass is 258 g/mol. The molecule has 0 aromatic carbocycles. The molecule has 0 aliphatic carbocycles. The van der Waals surface area contributed by atoms with E-state index in [1.165, 1.54) is 0 Å². The highest BCUT2D eigenvalue weighted by molar-refractivity contribution is 7.89. The SMILES string of the molecule is Cc1noc(C)c1S(=O)(=O)N1CCCC(C)C1. The molecule has 1 atom stereocenters. The maximum atomic E-state index is 12.5. The second-order valence-electron chi connectivity index (χ2n) is 4.76. The molecule has 0 amide bonds. The molecule has 1 aliphatic heterocycles. The smallest absolute Gasteiger partial charge is 0.248 e. The van der Waals surface area contributed by atoms with Gasteiger partial charge in [-0.1, -0.05) is 12.1 Å². The number of sulfonamides is 1. The first kappa shape index (κ1) is 12.6. The van der Waals surface area contributed by atoms with Gasteiger partial charge in [0.25, 0.3) is 0 Å². The Morgan fingerprint density at radius 2 is 2.12 bits per heavy atom. The van der Waals surface area contributed by atoms with E-state index in [1.54, 1.807) is 18.2 Å². The van der Waals surface area contributed by atoms with E-state index in [2.05, 4.69) is 12.1 Å². The number of aryl methyl sites for hydroxylation is 2. The van der Waals surface area contributed by atoms with E-state index in [9.17, 15) is 8.42 Å². The predicted octanol–water partition coefficient (Wildman–Crippen LogP) is 1.71. The maximum Gasteiger partial charge on any atom is 0.248 e. The van der Waals surface area contributed by atoms with Crippen molar-refractivity contribution in [2.75, 3.05) is 13.1 Å². The summed E-state index contributed by atoms with van der Waals surface area (Å²) in [6, 6.07) is 0. The van der Waals surface area contributed by atoms with Crippen molar-refractivity contribution in [2.24, 2.45) is 5.92 Å². The second kappa shape index (κ2) is 4.42. The summed E-state index contributed by atoms with van der Waals surface area (Å²) in [6.07, 6.45) is 2.01. The third kappa shape index (κ3) is 2.24. The number of hydrogen-bond donors (Lipinski definition) is 0. The molecule has 5 nitrogen and oxygen atoms in total. The van der Waals surface area contributed by atoms with Crippen LogP contribution in [0.1, 0.15) is 31.2 Å². The fraction of sp³-hybridized carbons (Fsp3) is 0.727. The lowest BCUT2D eigenvalue weighted by molar-refractivity contribution is 0.280. The van der Waals surface area contributed by atoms with Crippen LogP contribution in [0, 0.1) is 19.8 Å². The highest BCUT2D eigenvalue weighted by atomic mass is 32.2. The Labute approximate surface area is 102 Å². The molecule has 0 N–H and O–H groups in total. The number of aromatic nitrogens is 1. The summed E-state index contributed by atoms with van der Waals surface area (Å²) in [5.41, 5.74) is 0.445. The first-order valence-corrected chi connectivity index (χ1v) is 7.30. The third-order valence-corrected chi connectivity index (χ3v) is 5.30. The van der Waals surface area contributed by atoms with Crippen molar-refractivity contribution in [2.45, 2.75) is 38.5 Å². The van der Waals surface area contributed by atoms with E-state index in [1.807, 2.05) is 0 Å². The highest BCUT2D eigenvalue weighted by Crippen LogP contribution is 2.27. The number of piperidine rings is 1. The Kier molecular flexibility index (Phi) is 3.27. The summed E-state index contributed by atoms with van der Waals surface area (Å²) in [6.45, 7) is 6.56. The minimum Gasteiger partial charge on any atom is -0.360 e. The molecule has 1 saturated heterocycles. The Morgan fingerprint density at radius 1 is 1.41 bits per heavy atom. The predicted molar refractivity (Wildman–Crippen MR) is 63.1 cm³/mol. The zero-order valence-electron chi connectivity index (χ0n) is 10.4. The summed E-state index contributed by atoms with van der Waals surface area (Å²) < 4.78 is 31.4. The quantitative estimate of drug-likeness (QED) is 0.810. The van der Waals surface area contributed by atoms with Gasteiger partial charge in [-0.25, -0.2) is 8.42 Å². The van der Waals surface area contributed by atoms with E-state index in [0.717, 1.165) is 12.8 Å². The standard InChI is InChI=1S/C11H18N2O3S/c1-8-5-4-6-13(7-8)17(14,15)11-9(2)12-16-10(11)3/h8H,4-7H2,1-3H3. The van der Waals surface area contributed by atoms with Gasteiger partial charge in [-0.15, -0.1) is 0 Å². The molecule has 17 heavy (non-hydrogen) atoms. The average Bonchev–Trinajstić information content (AvgIpc) is 2.59. The fourth-order valence-electron chi connectivity index (χ4n) is 2.34. The Hall–Kier alpha value is -0.880. The van der Waals surface area contributed by atoms with Gasteiger partial charge in [-0.05, 0) is 32.6 Å². The molecule has 6 heteroatoms. The lowest BCUT2D eigenvalue weighted by Gasteiger charge is -2.29. The Balaban J connectivity index is 2.36. The Bertz CT molecular complexity index is 487. The molecule has 2 heterocycles. The largest absolute Gasteiger partial charge is 0.360 e. The van der Waals surface area contributed by atoms with Crippen molar-refractivity contribution in [1.29, 1.82) is 0 Å². The van der Waals surface area contributed by atoms with E-state index >= 15 is 0 Å². The minimum atomic E-state index is -3.44. The van der Waals surface area contributed by atoms with Crippen LogP contribution >= 0.6 is 0 Å². The van der Waals surface area contributed by atoms with Crippen molar-refractivity contribution >= 4 is 10.0 Å². The van der Waals surface area contributed by atoms with Gasteiger partial charge in [-0.2, -0.15) is 4.31 Å². The first-order valence-electron chi connectivity index (χ1n) is 5.86. The lowest BCUT2D eigenvalue weighted by atomic mass is 10.0. The molecular weight excluding hydrogens is 240 g/mol. The van der Waals surface area contributed by atoms with Crippen LogP contribution in [0.15, 0.2) is 9.42 Å². The summed E-state index contributed by atoms with van der Waals surface area (Å²) in [5, 5.41) is 3.72. The summed E-state index contributed by atoms with van der Waals surface area (Å²) in [4.78, 5) is 0.242. The molecule has 0 bridgehead atoms. The first-order chi connectivity index (χ1) is 7.93. The summed E-state index contributed by atoms with van der Waals surface area (Å²) in [5.74, 6) is 0.791. The van der Waals surface area contributed by atoms with Gasteiger partial charge < -0.3 is 4.52 Å². The van der Waals surface area contributed by atoms with Gasteiger partial charge in [0.15, 0.2) is 5.76 Å². The van der Waals surface area contributed by atoms with Gasteiger partial charge in [0, 0.05) is 13.1 Å². The molecule has 0 spiro atoms. The van der Waals surface area contributed by atoms with Crippen molar-refractivity contribution in [3.63, 3.8) is 0 Å². The van der Waals surface area contributed by atoms with Crippen LogP contribution in [0.5, 0.6) is 0 Å². The normalized spacial score (nSPS) is 22.9. The molecule has 2 rings (SSSR count). The van der Waals surface area contributed by atoms with E-state index in [-0.39, 0.29) is 4.90 Å². The Morgan fingerprint density at radius 3 is 2.65 bits per heavy atom. The van der Waals surface area contributed by atoms with Gasteiger partial charge >= 0.3 is 0 Å². The molecule has 1 aromatic rings.